The van der Waals surface area contributed by atoms with Crippen LogP contribution in [0.25, 0.3) is 11.1 Å². The molecule has 0 aromatic heterocycles. The number of nitrogens with one attached hydrogen (secondary N) is 3. The number of sulfonamides is 1. The monoisotopic (exact) mass is 682 g/mol. The van der Waals surface area contributed by atoms with Gasteiger partial charge in [0.2, 0.25) is 15.9 Å². The van der Waals surface area contributed by atoms with Gasteiger partial charge in [0.25, 0.3) is 5.91 Å². The summed E-state index contributed by atoms with van der Waals surface area (Å²) in [5.74, 6) is 0.499. The fourth-order valence-corrected chi connectivity index (χ4v) is 8.03. The van der Waals surface area contributed by atoms with Crippen LogP contribution in [0, 0.1) is 0 Å². The standard InChI is InChI=1S/C35H46N4O6S2/c1-23(40)20-36-35(5,6)19-32(41)37-28-22-46-30-18-26(45-7)16-17-29(30)39(33(28)42)21-24-12-14-25(15-13-24)27-10-8-9-11-31(27)47(43,44)38-34(2,3)4/h8-18,23,28,36,38,40H,19-22H2,1-7H3,(H,37,41)/t23-,28-/m1/s1. The number of ether oxygens (including phenoxy) is 1. The molecular weight excluding hydrogens is 637 g/mol. The van der Waals surface area contributed by atoms with Crippen LogP contribution in [0.4, 0.5) is 5.69 Å². The van der Waals surface area contributed by atoms with Crippen LogP contribution in [0.5, 0.6) is 5.75 Å². The molecule has 0 aliphatic carbocycles. The van der Waals surface area contributed by atoms with Crippen molar-refractivity contribution in [3.63, 3.8) is 0 Å². The summed E-state index contributed by atoms with van der Waals surface area (Å²) in [7, 11) is -2.19. The number of hydrogen-bond donors (Lipinski definition) is 4. The summed E-state index contributed by atoms with van der Waals surface area (Å²) in [5, 5.41) is 15.8. The van der Waals surface area contributed by atoms with Gasteiger partial charge >= 0.3 is 0 Å². The number of β-amino-alcohol motifs (C(OH)–C–C–N with tert-alkyl or cyclic N) is 1. The van der Waals surface area contributed by atoms with Gasteiger partial charge in [-0.1, -0.05) is 42.5 Å². The average Bonchev–Trinajstić information content (AvgIpc) is 3.11. The molecule has 0 spiro atoms. The molecule has 1 aliphatic heterocycles. The number of rotatable bonds is 12. The van der Waals surface area contributed by atoms with E-state index in [9.17, 15) is 23.1 Å². The van der Waals surface area contributed by atoms with Crippen molar-refractivity contribution in [1.82, 2.24) is 15.4 Å². The van der Waals surface area contributed by atoms with Crippen molar-refractivity contribution >= 4 is 39.3 Å². The molecule has 1 heterocycles. The zero-order valence-corrected chi connectivity index (χ0v) is 29.7. The maximum atomic E-state index is 14.1. The summed E-state index contributed by atoms with van der Waals surface area (Å²) in [6, 6.07) is 19.1. The lowest BCUT2D eigenvalue weighted by atomic mass is 9.99. The van der Waals surface area contributed by atoms with Crippen molar-refractivity contribution in [3.05, 3.63) is 72.3 Å². The minimum atomic E-state index is -3.78. The van der Waals surface area contributed by atoms with Gasteiger partial charge in [0.05, 0.1) is 30.3 Å². The molecule has 0 unspecified atom stereocenters. The van der Waals surface area contributed by atoms with E-state index in [0.717, 1.165) is 16.0 Å². The van der Waals surface area contributed by atoms with Crippen molar-refractivity contribution < 1.29 is 27.9 Å². The third-order valence-electron chi connectivity index (χ3n) is 7.46. The normalized spacial score (nSPS) is 16.3. The number of carbonyl (C=O) groups excluding carboxylic acids is 2. The zero-order chi connectivity index (χ0) is 34.6. The molecule has 0 radical (unpaired) electrons. The number of amides is 2. The number of hydrogen-bond acceptors (Lipinski definition) is 8. The Kier molecular flexibility index (Phi) is 11.5. The average molecular weight is 683 g/mol. The molecule has 4 rings (SSSR count). The van der Waals surface area contributed by atoms with Gasteiger partial charge < -0.3 is 25.4 Å². The molecule has 3 aromatic carbocycles. The Balaban J connectivity index is 1.60. The lowest BCUT2D eigenvalue weighted by Crippen LogP contribution is -2.52. The molecule has 3 aromatic rings. The van der Waals surface area contributed by atoms with Crippen LogP contribution < -0.4 is 25.0 Å². The Morgan fingerprint density at radius 2 is 1.74 bits per heavy atom. The second kappa shape index (κ2) is 14.8. The van der Waals surface area contributed by atoms with E-state index >= 15 is 0 Å². The number of aliphatic hydroxyl groups excluding tert-OH is 1. The molecule has 47 heavy (non-hydrogen) atoms. The topological polar surface area (TPSA) is 137 Å². The first-order chi connectivity index (χ1) is 22.0. The lowest BCUT2D eigenvalue weighted by molar-refractivity contribution is -0.127. The minimum absolute atomic E-state index is 0.124. The highest BCUT2D eigenvalue weighted by Crippen LogP contribution is 2.38. The van der Waals surface area contributed by atoms with Crippen molar-refractivity contribution in [2.24, 2.45) is 0 Å². The highest BCUT2D eigenvalue weighted by molar-refractivity contribution is 7.99. The van der Waals surface area contributed by atoms with Gasteiger partial charge in [-0.05, 0) is 76.9 Å². The van der Waals surface area contributed by atoms with Crippen LogP contribution in [0.3, 0.4) is 0 Å². The fraction of sp³-hybridized carbons (Fsp3) is 0.429. The maximum Gasteiger partial charge on any atom is 0.250 e. The smallest absolute Gasteiger partial charge is 0.250 e. The Morgan fingerprint density at radius 1 is 1.06 bits per heavy atom. The Bertz CT molecular complexity index is 1680. The van der Waals surface area contributed by atoms with E-state index in [1.165, 1.54) is 11.8 Å². The van der Waals surface area contributed by atoms with E-state index in [0.29, 0.717) is 29.3 Å². The Hall–Kier alpha value is -3.42. The van der Waals surface area contributed by atoms with Crippen LogP contribution in [0.1, 0.15) is 53.5 Å². The van der Waals surface area contributed by atoms with E-state index < -0.39 is 33.2 Å². The predicted octanol–water partition coefficient (Wildman–Crippen LogP) is 4.70. The van der Waals surface area contributed by atoms with Gasteiger partial charge in [-0.3, -0.25) is 9.59 Å². The molecule has 0 bridgehead atoms. The van der Waals surface area contributed by atoms with E-state index in [1.807, 2.05) is 50.2 Å². The molecule has 254 valence electrons. The Labute approximate surface area is 282 Å². The minimum Gasteiger partial charge on any atom is -0.497 e. The van der Waals surface area contributed by atoms with Gasteiger partial charge in [-0.15, -0.1) is 11.8 Å². The van der Waals surface area contributed by atoms with E-state index in [-0.39, 0.29) is 29.7 Å². The third-order valence-corrected chi connectivity index (χ3v) is 10.4. The summed E-state index contributed by atoms with van der Waals surface area (Å²) in [6.45, 7) is 11.4. The molecule has 4 N–H and O–H groups in total. The van der Waals surface area contributed by atoms with Crippen LogP contribution in [-0.2, 0) is 26.2 Å². The summed E-state index contributed by atoms with van der Waals surface area (Å²) in [6.07, 6.45) is -0.428. The SMILES string of the molecule is COc1ccc2c(c1)SC[C@@H](NC(=O)CC(C)(C)NC[C@@H](C)O)C(=O)N2Cc1ccc(-c2ccccc2S(=O)(=O)NC(C)(C)C)cc1. The molecule has 2 atom stereocenters. The number of nitrogens with zero attached hydrogens (tertiary/aromatic N) is 1. The molecule has 0 saturated heterocycles. The summed E-state index contributed by atoms with van der Waals surface area (Å²) < 4.78 is 34.6. The van der Waals surface area contributed by atoms with E-state index in [1.54, 1.807) is 70.0 Å². The van der Waals surface area contributed by atoms with Gasteiger partial charge in [-0.2, -0.15) is 0 Å². The number of benzene rings is 3. The number of carbonyl (C=O) groups is 2. The van der Waals surface area contributed by atoms with Crippen molar-refractivity contribution in [1.29, 1.82) is 0 Å². The number of fused-ring (bicyclic) bond motifs is 1. The first-order valence-electron chi connectivity index (χ1n) is 15.5. The number of aliphatic hydroxyl groups is 1. The van der Waals surface area contributed by atoms with Gasteiger partial charge in [-0.25, -0.2) is 13.1 Å². The van der Waals surface area contributed by atoms with E-state index in [2.05, 4.69) is 15.4 Å². The highest BCUT2D eigenvalue weighted by Gasteiger charge is 2.34. The Morgan fingerprint density at radius 3 is 2.38 bits per heavy atom. The van der Waals surface area contributed by atoms with Crippen LogP contribution in [0.15, 0.2) is 76.5 Å². The maximum absolute atomic E-state index is 14.1. The second-order valence-electron chi connectivity index (χ2n) is 13.5. The second-order valence-corrected chi connectivity index (χ2v) is 16.2. The molecule has 10 nitrogen and oxygen atoms in total. The quantitative estimate of drug-likeness (QED) is 0.216. The first kappa shape index (κ1) is 36.4. The lowest BCUT2D eigenvalue weighted by Gasteiger charge is -2.29. The van der Waals surface area contributed by atoms with Gasteiger partial charge in [0.1, 0.15) is 11.8 Å². The molecule has 1 aliphatic rings. The first-order valence-corrected chi connectivity index (χ1v) is 18.0. The predicted molar refractivity (Wildman–Crippen MR) is 187 cm³/mol. The van der Waals surface area contributed by atoms with Crippen LogP contribution in [0.2, 0.25) is 0 Å². The zero-order valence-electron chi connectivity index (χ0n) is 28.1. The number of anilines is 1. The molecule has 0 fully saturated rings. The molecule has 2 amide bonds. The van der Waals surface area contributed by atoms with Crippen molar-refractivity contribution in [2.45, 2.75) is 87.5 Å². The fourth-order valence-electron chi connectivity index (χ4n) is 5.28. The number of methoxy groups -OCH3 is 1. The molecule has 12 heteroatoms. The van der Waals surface area contributed by atoms with E-state index in [4.69, 9.17) is 4.74 Å². The third kappa shape index (κ3) is 9.80. The van der Waals surface area contributed by atoms with Gasteiger partial charge in [0, 0.05) is 40.3 Å². The summed E-state index contributed by atoms with van der Waals surface area (Å²) in [4.78, 5) is 30.0. The molecule has 0 saturated carbocycles. The van der Waals surface area contributed by atoms with Crippen molar-refractivity contribution in [3.8, 4) is 16.9 Å². The summed E-state index contributed by atoms with van der Waals surface area (Å²) >= 11 is 1.48. The molecular formula is C35H46N4O6S2. The largest absolute Gasteiger partial charge is 0.497 e. The van der Waals surface area contributed by atoms with Crippen molar-refractivity contribution in [2.75, 3.05) is 24.3 Å². The van der Waals surface area contributed by atoms with Crippen LogP contribution >= 0.6 is 11.8 Å². The number of thioether (sulfide) groups is 1. The van der Waals surface area contributed by atoms with Gasteiger partial charge in [0.15, 0.2) is 0 Å². The van der Waals surface area contributed by atoms with Crippen LogP contribution in [-0.4, -0.2) is 68.0 Å². The summed E-state index contributed by atoms with van der Waals surface area (Å²) in [5.41, 5.74) is 1.62. The highest BCUT2D eigenvalue weighted by atomic mass is 32.2.